The number of methoxy groups -OCH3 is 2. The minimum atomic E-state index is -3.76. The van der Waals surface area contributed by atoms with E-state index in [2.05, 4.69) is 9.71 Å². The first kappa shape index (κ1) is 20.2. The Hall–Kier alpha value is -2.16. The van der Waals surface area contributed by atoms with Crippen molar-refractivity contribution in [2.24, 2.45) is 0 Å². The molecule has 2 rings (SSSR count). The lowest BCUT2D eigenvalue weighted by Crippen LogP contribution is -2.24. The van der Waals surface area contributed by atoms with E-state index in [0.29, 0.717) is 34.0 Å². The summed E-state index contributed by atoms with van der Waals surface area (Å²) in [6, 6.07) is 6.50. The fourth-order valence-electron chi connectivity index (χ4n) is 2.66. The molecular weight excluding hydrogens is 356 g/mol. The van der Waals surface area contributed by atoms with Gasteiger partial charge in [-0.15, -0.1) is 0 Å². The predicted octanol–water partition coefficient (Wildman–Crippen LogP) is 2.25. The fraction of sp³-hybridized carbons (Fsp3) is 0.389. The molecule has 0 saturated carbocycles. The number of aliphatic hydroxyl groups is 1. The van der Waals surface area contributed by atoms with Crippen LogP contribution in [-0.4, -0.2) is 32.7 Å². The van der Waals surface area contributed by atoms with Crippen molar-refractivity contribution in [2.75, 3.05) is 14.2 Å². The van der Waals surface area contributed by atoms with Gasteiger partial charge in [0.15, 0.2) is 11.5 Å². The fourth-order valence-corrected chi connectivity index (χ4v) is 3.90. The molecule has 1 heterocycles. The van der Waals surface area contributed by atoms with E-state index in [1.165, 1.54) is 20.3 Å². The van der Waals surface area contributed by atoms with E-state index in [1.54, 1.807) is 39.0 Å². The van der Waals surface area contributed by atoms with Crippen molar-refractivity contribution in [3.63, 3.8) is 0 Å². The Balaban J connectivity index is 2.25. The monoisotopic (exact) mass is 380 g/mol. The van der Waals surface area contributed by atoms with Crippen molar-refractivity contribution in [3.05, 3.63) is 46.8 Å². The van der Waals surface area contributed by atoms with Gasteiger partial charge in [-0.05, 0) is 38.5 Å². The van der Waals surface area contributed by atoms with Gasteiger partial charge in [0.25, 0.3) is 0 Å². The number of aryl methyl sites for hydroxylation is 2. The van der Waals surface area contributed by atoms with Gasteiger partial charge < -0.3 is 14.6 Å². The van der Waals surface area contributed by atoms with Gasteiger partial charge in [0, 0.05) is 17.3 Å². The molecule has 0 radical (unpaired) electrons. The molecule has 0 fully saturated rings. The summed E-state index contributed by atoms with van der Waals surface area (Å²) < 4.78 is 38.3. The van der Waals surface area contributed by atoms with Gasteiger partial charge in [-0.2, -0.15) is 0 Å². The SMILES string of the molecule is COc1cc(C)c(S(=O)(=O)NCc2ccc(C(C)O)c(C)n2)cc1OC. The maximum Gasteiger partial charge on any atom is 0.241 e. The number of hydrogen-bond donors (Lipinski definition) is 2. The summed E-state index contributed by atoms with van der Waals surface area (Å²) in [6.07, 6.45) is -0.623. The minimum Gasteiger partial charge on any atom is -0.493 e. The Morgan fingerprint density at radius 3 is 2.31 bits per heavy atom. The van der Waals surface area contributed by atoms with Crippen LogP contribution in [0.2, 0.25) is 0 Å². The Labute approximate surface area is 154 Å². The first-order valence-corrected chi connectivity index (χ1v) is 9.54. The van der Waals surface area contributed by atoms with E-state index in [4.69, 9.17) is 9.47 Å². The summed E-state index contributed by atoms with van der Waals surface area (Å²) in [6.45, 7) is 5.16. The highest BCUT2D eigenvalue weighted by molar-refractivity contribution is 7.89. The topological polar surface area (TPSA) is 97.8 Å². The number of sulfonamides is 1. The van der Waals surface area contributed by atoms with E-state index >= 15 is 0 Å². The van der Waals surface area contributed by atoms with Gasteiger partial charge in [0.1, 0.15) is 0 Å². The maximum absolute atomic E-state index is 12.7. The quantitative estimate of drug-likeness (QED) is 0.765. The Kier molecular flexibility index (Phi) is 6.22. The summed E-state index contributed by atoms with van der Waals surface area (Å²) in [5.74, 6) is 0.809. The third kappa shape index (κ3) is 4.32. The van der Waals surface area contributed by atoms with Gasteiger partial charge in [0.05, 0.1) is 37.5 Å². The first-order valence-electron chi connectivity index (χ1n) is 8.06. The van der Waals surface area contributed by atoms with Gasteiger partial charge in [-0.1, -0.05) is 6.07 Å². The summed E-state index contributed by atoms with van der Waals surface area (Å²) in [7, 11) is -0.814. The number of pyridine rings is 1. The second-order valence-corrected chi connectivity index (χ2v) is 7.69. The molecule has 7 nitrogen and oxygen atoms in total. The van der Waals surface area contributed by atoms with Crippen molar-refractivity contribution in [1.82, 2.24) is 9.71 Å². The van der Waals surface area contributed by atoms with Crippen LogP contribution in [0.1, 0.15) is 35.5 Å². The molecule has 1 atom stereocenters. The number of nitrogens with zero attached hydrogens (tertiary/aromatic N) is 1. The van der Waals surface area contributed by atoms with E-state index in [-0.39, 0.29) is 11.4 Å². The third-order valence-electron chi connectivity index (χ3n) is 4.05. The second-order valence-electron chi connectivity index (χ2n) is 5.95. The predicted molar refractivity (Wildman–Crippen MR) is 97.9 cm³/mol. The van der Waals surface area contributed by atoms with E-state index < -0.39 is 16.1 Å². The lowest BCUT2D eigenvalue weighted by atomic mass is 10.1. The molecule has 1 aromatic heterocycles. The molecule has 0 aliphatic rings. The molecule has 2 N–H and O–H groups in total. The minimum absolute atomic E-state index is 0.0387. The normalized spacial score (nSPS) is 12.7. The van der Waals surface area contributed by atoms with Crippen LogP contribution < -0.4 is 14.2 Å². The van der Waals surface area contributed by atoms with Crippen molar-refractivity contribution in [3.8, 4) is 11.5 Å². The van der Waals surface area contributed by atoms with Gasteiger partial charge in [-0.25, -0.2) is 13.1 Å². The number of benzene rings is 1. The number of hydrogen-bond acceptors (Lipinski definition) is 6. The van der Waals surface area contributed by atoms with Crippen molar-refractivity contribution >= 4 is 10.0 Å². The van der Waals surface area contributed by atoms with Crippen LogP contribution >= 0.6 is 0 Å². The molecule has 0 amide bonds. The Bertz CT molecular complexity index is 895. The highest BCUT2D eigenvalue weighted by atomic mass is 32.2. The number of aromatic nitrogens is 1. The van der Waals surface area contributed by atoms with Crippen LogP contribution in [0.25, 0.3) is 0 Å². The van der Waals surface area contributed by atoms with Gasteiger partial charge >= 0.3 is 0 Å². The van der Waals surface area contributed by atoms with Gasteiger partial charge in [0.2, 0.25) is 10.0 Å². The zero-order valence-corrected chi connectivity index (χ0v) is 16.3. The lowest BCUT2D eigenvalue weighted by molar-refractivity contribution is 0.198. The molecule has 0 aliphatic carbocycles. The smallest absolute Gasteiger partial charge is 0.241 e. The summed E-state index contributed by atoms with van der Waals surface area (Å²) in [4.78, 5) is 4.46. The molecule has 0 spiro atoms. The summed E-state index contributed by atoms with van der Waals surface area (Å²) in [5.41, 5.74) is 2.49. The Morgan fingerprint density at radius 1 is 1.15 bits per heavy atom. The molecule has 1 unspecified atom stereocenters. The molecule has 2 aromatic rings. The summed E-state index contributed by atoms with van der Waals surface area (Å²) in [5, 5.41) is 9.65. The molecule has 8 heteroatoms. The van der Waals surface area contributed by atoms with E-state index in [1.807, 2.05) is 0 Å². The standard InChI is InChI=1S/C18H24N2O5S/c1-11-8-16(24-4)17(25-5)9-18(11)26(22,23)19-10-14-6-7-15(13(3)21)12(2)20-14/h6-9,13,19,21H,10H2,1-5H3. The maximum atomic E-state index is 12.7. The number of aliphatic hydroxyl groups excluding tert-OH is 1. The molecule has 26 heavy (non-hydrogen) atoms. The van der Waals surface area contributed by atoms with Crippen LogP contribution in [0.3, 0.4) is 0 Å². The second kappa shape index (κ2) is 8.03. The number of ether oxygens (including phenoxy) is 2. The third-order valence-corrected chi connectivity index (χ3v) is 5.59. The van der Waals surface area contributed by atoms with Crippen molar-refractivity contribution in [1.29, 1.82) is 0 Å². The van der Waals surface area contributed by atoms with Crippen molar-refractivity contribution in [2.45, 2.75) is 38.3 Å². The molecule has 0 aliphatic heterocycles. The van der Waals surface area contributed by atoms with Crippen LogP contribution in [0.15, 0.2) is 29.2 Å². The average Bonchev–Trinajstić information content (AvgIpc) is 2.59. The first-order chi connectivity index (χ1) is 12.2. The van der Waals surface area contributed by atoms with Crippen LogP contribution in [0, 0.1) is 13.8 Å². The molecule has 142 valence electrons. The zero-order valence-electron chi connectivity index (χ0n) is 15.5. The number of nitrogens with one attached hydrogen (secondary N) is 1. The lowest BCUT2D eigenvalue weighted by Gasteiger charge is -2.14. The average molecular weight is 380 g/mol. The van der Waals surface area contributed by atoms with E-state index in [9.17, 15) is 13.5 Å². The highest BCUT2D eigenvalue weighted by Gasteiger charge is 2.20. The molecular formula is C18H24N2O5S. The van der Waals surface area contributed by atoms with Crippen LogP contribution in [-0.2, 0) is 16.6 Å². The van der Waals surface area contributed by atoms with E-state index in [0.717, 1.165) is 0 Å². The zero-order chi connectivity index (χ0) is 19.5. The Morgan fingerprint density at radius 2 is 1.77 bits per heavy atom. The highest BCUT2D eigenvalue weighted by Crippen LogP contribution is 2.32. The van der Waals surface area contributed by atoms with Gasteiger partial charge in [-0.3, -0.25) is 4.98 Å². The van der Waals surface area contributed by atoms with Crippen molar-refractivity contribution < 1.29 is 23.0 Å². The summed E-state index contributed by atoms with van der Waals surface area (Å²) >= 11 is 0. The van der Waals surface area contributed by atoms with Crippen LogP contribution in [0.4, 0.5) is 0 Å². The molecule has 1 aromatic carbocycles. The number of rotatable bonds is 7. The van der Waals surface area contributed by atoms with Crippen LogP contribution in [0.5, 0.6) is 11.5 Å². The largest absolute Gasteiger partial charge is 0.493 e. The molecule has 0 bridgehead atoms. The molecule has 0 saturated heterocycles.